The summed E-state index contributed by atoms with van der Waals surface area (Å²) in [7, 11) is 0. The van der Waals surface area contributed by atoms with Gasteiger partial charge in [-0.3, -0.25) is 0 Å². The van der Waals surface area contributed by atoms with Gasteiger partial charge in [-0.05, 0) is 48.9 Å². The van der Waals surface area contributed by atoms with Crippen LogP contribution in [0.4, 0.5) is 0 Å². The molecule has 0 unspecified atom stereocenters. The molecule has 0 spiro atoms. The van der Waals surface area contributed by atoms with Crippen molar-refractivity contribution in [3.05, 3.63) is 53.1 Å². The summed E-state index contributed by atoms with van der Waals surface area (Å²) in [5.74, 6) is 1.71. The second kappa shape index (κ2) is 9.09. The van der Waals surface area contributed by atoms with Gasteiger partial charge in [0.15, 0.2) is 0 Å². The summed E-state index contributed by atoms with van der Waals surface area (Å²) in [5.41, 5.74) is 0.487. The highest BCUT2D eigenvalue weighted by Crippen LogP contribution is 2.37. The van der Waals surface area contributed by atoms with Crippen LogP contribution in [-0.4, -0.2) is 58.1 Å². The Morgan fingerprint density at radius 2 is 1.64 bits per heavy atom. The molecule has 1 aliphatic heterocycles. The van der Waals surface area contributed by atoms with Gasteiger partial charge >= 0.3 is 0 Å². The molecule has 2 aromatic rings. The molecule has 0 radical (unpaired) electrons. The summed E-state index contributed by atoms with van der Waals surface area (Å²) >= 11 is 6.31. The van der Waals surface area contributed by atoms with Crippen molar-refractivity contribution in [2.75, 3.05) is 13.2 Å². The number of hydrogen-bond donors (Lipinski definition) is 4. The Balaban J connectivity index is 1.76. The van der Waals surface area contributed by atoms with Crippen molar-refractivity contribution < 1.29 is 34.6 Å². The first-order valence-electron chi connectivity index (χ1n) is 8.95. The first-order valence-corrected chi connectivity index (χ1v) is 9.33. The number of aliphatic hydroxyl groups excluding tert-OH is 4. The molecule has 4 N–H and O–H groups in total. The maximum atomic E-state index is 10.2. The summed E-state index contributed by atoms with van der Waals surface area (Å²) in [6, 6.07) is 11.9. The van der Waals surface area contributed by atoms with Crippen LogP contribution in [-0.2, 0) is 4.74 Å². The Kier molecular flexibility index (Phi) is 6.77. The normalized spacial score (nSPS) is 27.4. The third kappa shape index (κ3) is 4.41. The van der Waals surface area contributed by atoms with E-state index >= 15 is 0 Å². The van der Waals surface area contributed by atoms with E-state index in [1.54, 1.807) is 42.5 Å². The predicted octanol–water partition coefficient (Wildman–Crippen LogP) is 2.05. The summed E-state index contributed by atoms with van der Waals surface area (Å²) in [5, 5.41) is 39.7. The topological polar surface area (TPSA) is 109 Å². The highest BCUT2D eigenvalue weighted by atomic mass is 35.5. The zero-order valence-electron chi connectivity index (χ0n) is 15.2. The van der Waals surface area contributed by atoms with Crippen molar-refractivity contribution in [2.45, 2.75) is 37.4 Å². The van der Waals surface area contributed by atoms with Gasteiger partial charge in [0, 0.05) is 0 Å². The van der Waals surface area contributed by atoms with Gasteiger partial charge in [0.25, 0.3) is 0 Å². The van der Waals surface area contributed by atoms with E-state index in [-0.39, 0.29) is 5.02 Å². The molecule has 1 aliphatic rings. The highest BCUT2D eigenvalue weighted by molar-refractivity contribution is 6.32. The lowest BCUT2D eigenvalue weighted by Gasteiger charge is -2.40. The molecule has 1 fully saturated rings. The highest BCUT2D eigenvalue weighted by Gasteiger charge is 2.44. The van der Waals surface area contributed by atoms with Crippen LogP contribution in [0.15, 0.2) is 42.5 Å². The molecule has 152 valence electrons. The van der Waals surface area contributed by atoms with Crippen LogP contribution in [0.25, 0.3) is 0 Å². The molecule has 0 aliphatic carbocycles. The van der Waals surface area contributed by atoms with E-state index < -0.39 is 37.1 Å². The van der Waals surface area contributed by atoms with Crippen LogP contribution in [0, 0.1) is 0 Å². The van der Waals surface area contributed by atoms with E-state index in [0.717, 1.165) is 5.75 Å². The lowest BCUT2D eigenvalue weighted by molar-refractivity contribution is -0.231. The lowest BCUT2D eigenvalue weighted by Crippen LogP contribution is -2.55. The van der Waals surface area contributed by atoms with Crippen LogP contribution in [0.1, 0.15) is 18.6 Å². The summed E-state index contributed by atoms with van der Waals surface area (Å²) in [6.07, 6.45) is -6.16. The van der Waals surface area contributed by atoms with Crippen LogP contribution in [0.3, 0.4) is 0 Å². The van der Waals surface area contributed by atoms with Crippen molar-refractivity contribution in [3.63, 3.8) is 0 Å². The van der Waals surface area contributed by atoms with E-state index in [4.69, 9.17) is 25.8 Å². The smallest absolute Gasteiger partial charge is 0.146 e. The Morgan fingerprint density at radius 1 is 0.964 bits per heavy atom. The van der Waals surface area contributed by atoms with Crippen molar-refractivity contribution in [3.8, 4) is 17.2 Å². The largest absolute Gasteiger partial charge is 0.494 e. The van der Waals surface area contributed by atoms with Gasteiger partial charge in [0.05, 0.1) is 18.2 Å². The van der Waals surface area contributed by atoms with Gasteiger partial charge in [0.1, 0.15) is 47.8 Å². The van der Waals surface area contributed by atoms with Gasteiger partial charge < -0.3 is 34.6 Å². The van der Waals surface area contributed by atoms with Crippen LogP contribution >= 0.6 is 11.6 Å². The molecule has 5 atom stereocenters. The Labute approximate surface area is 167 Å². The van der Waals surface area contributed by atoms with Gasteiger partial charge in [-0.15, -0.1) is 0 Å². The summed E-state index contributed by atoms with van der Waals surface area (Å²) in [4.78, 5) is 0. The van der Waals surface area contributed by atoms with E-state index in [1.165, 1.54) is 0 Å². The molecule has 0 bridgehead atoms. The molecule has 2 aromatic carbocycles. The number of halogens is 1. The summed E-state index contributed by atoms with van der Waals surface area (Å²) < 4.78 is 16.7. The fourth-order valence-corrected chi connectivity index (χ4v) is 3.28. The second-order valence-electron chi connectivity index (χ2n) is 6.45. The van der Waals surface area contributed by atoms with E-state index in [0.29, 0.717) is 23.7 Å². The minimum atomic E-state index is -1.45. The van der Waals surface area contributed by atoms with E-state index in [9.17, 15) is 20.4 Å². The first kappa shape index (κ1) is 20.9. The van der Waals surface area contributed by atoms with Gasteiger partial charge in [-0.1, -0.05) is 17.7 Å². The third-order valence-corrected chi connectivity index (χ3v) is 4.83. The van der Waals surface area contributed by atoms with Gasteiger partial charge in [-0.25, -0.2) is 0 Å². The fraction of sp³-hybridized carbons (Fsp3) is 0.400. The molecule has 0 aromatic heterocycles. The second-order valence-corrected chi connectivity index (χ2v) is 6.85. The molecule has 1 saturated heterocycles. The maximum Gasteiger partial charge on any atom is 0.146 e. The van der Waals surface area contributed by atoms with E-state index in [1.807, 2.05) is 6.92 Å². The zero-order valence-corrected chi connectivity index (χ0v) is 16.0. The Bertz CT molecular complexity index is 781. The molecule has 0 amide bonds. The van der Waals surface area contributed by atoms with E-state index in [2.05, 4.69) is 0 Å². The fourth-order valence-electron chi connectivity index (χ4n) is 3.05. The van der Waals surface area contributed by atoms with Gasteiger partial charge in [0.2, 0.25) is 0 Å². The average molecular weight is 411 g/mol. The molecular weight excluding hydrogens is 388 g/mol. The number of rotatable bonds is 6. The van der Waals surface area contributed by atoms with Crippen molar-refractivity contribution in [1.29, 1.82) is 0 Å². The minimum Gasteiger partial charge on any atom is -0.494 e. The van der Waals surface area contributed by atoms with Crippen molar-refractivity contribution >= 4 is 11.6 Å². The standard InChI is InChI=1S/C20H23ClO7/c1-2-26-12-4-6-13(7-5-12)27-15-8-3-11(9-14(15)21)20-19(25)18(24)17(23)16(10-22)28-20/h3-9,16-20,22-25H,2,10H2,1H3/t16-,17-,18+,19-,20+/m1/s1. The van der Waals surface area contributed by atoms with Crippen LogP contribution < -0.4 is 9.47 Å². The van der Waals surface area contributed by atoms with Crippen LogP contribution in [0.5, 0.6) is 17.2 Å². The molecule has 1 heterocycles. The van der Waals surface area contributed by atoms with Crippen molar-refractivity contribution in [2.24, 2.45) is 0 Å². The average Bonchev–Trinajstić information content (AvgIpc) is 2.70. The molecule has 7 nitrogen and oxygen atoms in total. The number of ether oxygens (including phenoxy) is 3. The van der Waals surface area contributed by atoms with Crippen molar-refractivity contribution in [1.82, 2.24) is 0 Å². The number of aliphatic hydroxyl groups is 4. The first-order chi connectivity index (χ1) is 13.4. The SMILES string of the molecule is CCOc1ccc(Oc2ccc([C@@H]3O[C@H](CO)[C@@H](O)[C@H](O)[C@H]3O)cc2Cl)cc1. The summed E-state index contributed by atoms with van der Waals surface area (Å²) in [6.45, 7) is 1.99. The monoisotopic (exact) mass is 410 g/mol. The molecule has 3 rings (SSSR count). The quantitative estimate of drug-likeness (QED) is 0.577. The molecule has 28 heavy (non-hydrogen) atoms. The molecular formula is C20H23ClO7. The minimum absolute atomic E-state index is 0.281. The molecule has 0 saturated carbocycles. The maximum absolute atomic E-state index is 10.2. The number of benzene rings is 2. The van der Waals surface area contributed by atoms with Crippen LogP contribution in [0.2, 0.25) is 5.02 Å². The predicted molar refractivity (Wildman–Crippen MR) is 102 cm³/mol. The Morgan fingerprint density at radius 3 is 2.25 bits per heavy atom. The Hall–Kier alpha value is -1.87. The number of hydrogen-bond acceptors (Lipinski definition) is 7. The zero-order chi connectivity index (χ0) is 20.3. The molecule has 8 heteroatoms. The third-order valence-electron chi connectivity index (χ3n) is 4.54. The van der Waals surface area contributed by atoms with Gasteiger partial charge in [-0.2, -0.15) is 0 Å². The lowest BCUT2D eigenvalue weighted by atomic mass is 9.91.